The normalized spacial score (nSPS) is 10.9. The number of aromatic nitrogens is 1. The van der Waals surface area contributed by atoms with E-state index in [0.29, 0.717) is 0 Å². The molecule has 3 heteroatoms. The number of hydrogen-bond acceptors (Lipinski definition) is 1. The van der Waals surface area contributed by atoms with Crippen molar-refractivity contribution < 1.29 is 0 Å². The van der Waals surface area contributed by atoms with Gasteiger partial charge in [0, 0.05) is 10.9 Å². The fourth-order valence-electron chi connectivity index (χ4n) is 2.85. The molecule has 0 unspecified atom stereocenters. The summed E-state index contributed by atoms with van der Waals surface area (Å²) in [4.78, 5) is 4.85. The Kier molecular flexibility index (Phi) is 3.13. The van der Waals surface area contributed by atoms with Gasteiger partial charge in [-0.25, -0.2) is 0 Å². The molecule has 0 amide bonds. The highest BCUT2D eigenvalue weighted by molar-refractivity contribution is 6.52. The van der Waals surface area contributed by atoms with Gasteiger partial charge < -0.3 is 0 Å². The summed E-state index contributed by atoms with van der Waals surface area (Å²) in [5.41, 5.74) is 7.25. The zero-order chi connectivity index (χ0) is 14.3. The van der Waals surface area contributed by atoms with Crippen LogP contribution in [0.4, 0.5) is 0 Å². The minimum Gasteiger partial charge on any atom is -0.264 e. The van der Waals surface area contributed by atoms with Crippen LogP contribution in [0.15, 0.2) is 42.5 Å². The molecule has 3 aromatic rings. The van der Waals surface area contributed by atoms with Crippen molar-refractivity contribution >= 4 is 37.5 Å². The first-order valence-electron chi connectivity index (χ1n) is 7.01. The monoisotopic (exact) mass is 257 g/mol. The second kappa shape index (κ2) is 4.82. The van der Waals surface area contributed by atoms with Crippen molar-refractivity contribution in [3.8, 4) is 11.3 Å². The van der Waals surface area contributed by atoms with E-state index in [-0.39, 0.29) is 0 Å². The number of aryl methyl sites for hydroxylation is 2. The van der Waals surface area contributed by atoms with E-state index >= 15 is 0 Å². The van der Waals surface area contributed by atoms with Crippen LogP contribution in [0.1, 0.15) is 11.1 Å². The van der Waals surface area contributed by atoms with E-state index in [2.05, 4.69) is 72.0 Å². The average Bonchev–Trinajstić information content (AvgIpc) is 2.42. The maximum Gasteiger partial charge on any atom is 0.163 e. The summed E-state index contributed by atoms with van der Waals surface area (Å²) < 4.78 is 0. The van der Waals surface area contributed by atoms with Crippen molar-refractivity contribution in [1.29, 1.82) is 0 Å². The van der Waals surface area contributed by atoms with Gasteiger partial charge in [-0.15, -0.1) is 0 Å². The van der Waals surface area contributed by atoms with Crippen LogP contribution in [0.2, 0.25) is 0 Å². The smallest absolute Gasteiger partial charge is 0.163 e. The largest absolute Gasteiger partial charge is 0.264 e. The minimum atomic E-state index is 1.09. The van der Waals surface area contributed by atoms with Crippen molar-refractivity contribution in [2.45, 2.75) is 13.8 Å². The van der Waals surface area contributed by atoms with Gasteiger partial charge in [0.15, 0.2) is 7.85 Å². The molecule has 0 saturated heterocycles. The predicted molar refractivity (Wildman–Crippen MR) is 93.0 cm³/mol. The van der Waals surface area contributed by atoms with E-state index in [1.165, 1.54) is 32.9 Å². The highest BCUT2D eigenvalue weighted by atomic mass is 14.7. The molecule has 0 bridgehead atoms. The van der Waals surface area contributed by atoms with Crippen LogP contribution in [0.3, 0.4) is 0 Å². The first-order chi connectivity index (χ1) is 9.56. The Morgan fingerprint density at radius 1 is 0.850 bits per heavy atom. The van der Waals surface area contributed by atoms with Gasteiger partial charge in [0.1, 0.15) is 7.85 Å². The molecule has 0 spiro atoms. The van der Waals surface area contributed by atoms with Crippen LogP contribution in [0, 0.1) is 13.8 Å². The Balaban J connectivity index is 2.39. The number of pyridine rings is 1. The highest BCUT2D eigenvalue weighted by Crippen LogP contribution is 2.26. The molecule has 3 rings (SSSR count). The zero-order valence-corrected chi connectivity index (χ0v) is 12.5. The van der Waals surface area contributed by atoms with Gasteiger partial charge >= 0.3 is 0 Å². The minimum absolute atomic E-state index is 1.09. The van der Waals surface area contributed by atoms with Gasteiger partial charge in [-0.05, 0) is 37.0 Å². The van der Waals surface area contributed by atoms with Gasteiger partial charge in [-0.3, -0.25) is 4.98 Å². The molecule has 0 radical (unpaired) electrons. The second-order valence-corrected chi connectivity index (χ2v) is 5.59. The van der Waals surface area contributed by atoms with Crippen LogP contribution in [0.25, 0.3) is 22.0 Å². The van der Waals surface area contributed by atoms with Crippen LogP contribution < -0.4 is 11.1 Å². The van der Waals surface area contributed by atoms with E-state index in [0.717, 1.165) is 11.3 Å². The maximum atomic E-state index is 4.85. The summed E-state index contributed by atoms with van der Waals surface area (Å²) in [5.74, 6) is 0. The SMILES string of the molecule is Bc1nc(-c2cc(C)cc(C)c2)c2ccccc2c1B. The Bertz CT molecular complexity index is 789. The summed E-state index contributed by atoms with van der Waals surface area (Å²) in [5, 5.41) is 2.54. The number of nitrogens with zero attached hydrogens (tertiary/aromatic N) is 1. The second-order valence-electron chi connectivity index (χ2n) is 5.59. The van der Waals surface area contributed by atoms with E-state index in [1.54, 1.807) is 0 Å². The lowest BCUT2D eigenvalue weighted by molar-refractivity contribution is 1.35. The topological polar surface area (TPSA) is 12.9 Å². The van der Waals surface area contributed by atoms with E-state index in [1.807, 2.05) is 0 Å². The predicted octanol–water partition coefficient (Wildman–Crippen LogP) is 1.04. The molecule has 0 N–H and O–H groups in total. The Labute approximate surface area is 121 Å². The average molecular weight is 257 g/mol. The van der Waals surface area contributed by atoms with Crippen LogP contribution in [0.5, 0.6) is 0 Å². The molecular weight excluding hydrogens is 240 g/mol. The highest BCUT2D eigenvalue weighted by Gasteiger charge is 2.10. The summed E-state index contributed by atoms with van der Waals surface area (Å²) >= 11 is 0. The van der Waals surface area contributed by atoms with Crippen molar-refractivity contribution in [2.24, 2.45) is 0 Å². The molecular formula is C17H17B2N. The molecule has 0 fully saturated rings. The van der Waals surface area contributed by atoms with Crippen molar-refractivity contribution in [1.82, 2.24) is 4.98 Å². The van der Waals surface area contributed by atoms with E-state index in [4.69, 9.17) is 4.98 Å². The van der Waals surface area contributed by atoms with Crippen molar-refractivity contribution in [3.05, 3.63) is 53.6 Å². The number of benzene rings is 2. The van der Waals surface area contributed by atoms with E-state index in [9.17, 15) is 0 Å². The number of hydrogen-bond donors (Lipinski definition) is 0. The summed E-state index contributed by atoms with van der Waals surface area (Å²) in [7, 11) is 4.24. The molecule has 20 heavy (non-hydrogen) atoms. The lowest BCUT2D eigenvalue weighted by Crippen LogP contribution is -2.30. The Hall–Kier alpha value is -2.02. The Morgan fingerprint density at radius 3 is 2.10 bits per heavy atom. The van der Waals surface area contributed by atoms with Crippen LogP contribution in [-0.4, -0.2) is 20.7 Å². The molecule has 0 aliphatic carbocycles. The number of fused-ring (bicyclic) bond motifs is 1. The van der Waals surface area contributed by atoms with Gasteiger partial charge in [-0.2, -0.15) is 0 Å². The standard InChI is InChI=1S/C17H17B2N/c1-10-7-11(2)9-12(8-10)16-14-6-4-3-5-13(14)15(18)17(19)20-16/h3-9H,18-19H2,1-2H3. The quantitative estimate of drug-likeness (QED) is 0.593. The third-order valence-electron chi connectivity index (χ3n) is 3.90. The van der Waals surface area contributed by atoms with Crippen LogP contribution >= 0.6 is 0 Å². The summed E-state index contributed by atoms with van der Waals surface area (Å²) in [6.07, 6.45) is 0. The Morgan fingerprint density at radius 2 is 1.45 bits per heavy atom. The molecule has 2 aromatic carbocycles. The molecule has 1 heterocycles. The fourth-order valence-corrected chi connectivity index (χ4v) is 2.85. The third kappa shape index (κ3) is 2.14. The fraction of sp³-hybridized carbons (Fsp3) is 0.118. The van der Waals surface area contributed by atoms with Crippen molar-refractivity contribution in [2.75, 3.05) is 0 Å². The molecule has 1 aromatic heterocycles. The third-order valence-corrected chi connectivity index (χ3v) is 3.90. The number of rotatable bonds is 1. The molecule has 1 nitrogen and oxygen atoms in total. The van der Waals surface area contributed by atoms with Crippen LogP contribution in [-0.2, 0) is 0 Å². The summed E-state index contributed by atoms with van der Waals surface area (Å²) in [6.45, 7) is 4.28. The zero-order valence-electron chi connectivity index (χ0n) is 12.5. The lowest BCUT2D eigenvalue weighted by Gasteiger charge is -2.13. The summed E-state index contributed by atoms with van der Waals surface area (Å²) in [6, 6.07) is 15.2. The molecule has 0 atom stereocenters. The van der Waals surface area contributed by atoms with Gasteiger partial charge in [0.05, 0.1) is 5.69 Å². The van der Waals surface area contributed by atoms with E-state index < -0.39 is 0 Å². The van der Waals surface area contributed by atoms with Crippen molar-refractivity contribution in [3.63, 3.8) is 0 Å². The molecule has 96 valence electrons. The molecule has 0 saturated carbocycles. The molecule has 0 aliphatic rings. The first kappa shape index (κ1) is 13.0. The lowest BCUT2D eigenvalue weighted by atomic mass is 9.80. The first-order valence-corrected chi connectivity index (χ1v) is 7.01. The van der Waals surface area contributed by atoms with Gasteiger partial charge in [0.2, 0.25) is 0 Å². The van der Waals surface area contributed by atoms with Gasteiger partial charge in [0.25, 0.3) is 0 Å². The maximum absolute atomic E-state index is 4.85. The van der Waals surface area contributed by atoms with Gasteiger partial charge in [-0.1, -0.05) is 46.9 Å². The molecule has 0 aliphatic heterocycles.